The minimum absolute atomic E-state index is 0.0819. The number of nitrogens with two attached hydrogens (primary N) is 1. The Kier molecular flexibility index (Phi) is 4.39. The van der Waals surface area contributed by atoms with E-state index in [1.807, 2.05) is 0 Å². The molecular weight excluding hydrogens is 248 g/mol. The van der Waals surface area contributed by atoms with Crippen LogP contribution < -0.4 is 5.73 Å². The Morgan fingerprint density at radius 1 is 0.950 bits per heavy atom. The second-order valence-electron chi connectivity index (χ2n) is 6.69. The summed E-state index contributed by atoms with van der Waals surface area (Å²) in [7, 11) is 0. The molecule has 1 atom stereocenters. The monoisotopic (exact) mass is 276 g/mol. The molecule has 2 aliphatic rings. The van der Waals surface area contributed by atoms with Crippen LogP contribution in [0, 0.1) is 12.8 Å². The van der Waals surface area contributed by atoms with Crippen molar-refractivity contribution in [1.29, 1.82) is 0 Å². The zero-order chi connectivity index (χ0) is 13.9. The Balaban J connectivity index is 1.81. The fourth-order valence-electron chi connectivity index (χ4n) is 4.11. The van der Waals surface area contributed by atoms with Gasteiger partial charge in [-0.25, -0.2) is 0 Å². The summed E-state index contributed by atoms with van der Waals surface area (Å²) >= 11 is 0. The molecule has 112 valence electrons. The molecule has 0 saturated heterocycles. The number of nitrogens with zero attached hydrogens (tertiary/aromatic N) is 3. The van der Waals surface area contributed by atoms with Crippen LogP contribution in [0.4, 0.5) is 0 Å². The van der Waals surface area contributed by atoms with Crippen LogP contribution in [0.3, 0.4) is 0 Å². The van der Waals surface area contributed by atoms with E-state index in [4.69, 9.17) is 5.73 Å². The summed E-state index contributed by atoms with van der Waals surface area (Å²) in [5.41, 5.74) is 6.57. The maximum absolute atomic E-state index is 6.57. The van der Waals surface area contributed by atoms with Crippen molar-refractivity contribution in [2.75, 3.05) is 0 Å². The molecule has 2 N–H and O–H groups in total. The van der Waals surface area contributed by atoms with E-state index in [9.17, 15) is 0 Å². The first-order valence-electron chi connectivity index (χ1n) is 8.44. The average molecular weight is 276 g/mol. The summed E-state index contributed by atoms with van der Waals surface area (Å²) in [4.78, 5) is 0. The lowest BCUT2D eigenvalue weighted by molar-refractivity contribution is 0.278. The summed E-state index contributed by atoms with van der Waals surface area (Å²) in [5, 5.41) is 8.79. The van der Waals surface area contributed by atoms with Gasteiger partial charge >= 0.3 is 0 Å². The molecule has 2 aliphatic carbocycles. The summed E-state index contributed by atoms with van der Waals surface area (Å²) in [6.45, 7) is 2.08. The fraction of sp³-hybridized carbons (Fsp3) is 0.875. The van der Waals surface area contributed by atoms with Crippen LogP contribution >= 0.6 is 0 Å². The second kappa shape index (κ2) is 6.25. The molecule has 4 heteroatoms. The van der Waals surface area contributed by atoms with Gasteiger partial charge in [-0.1, -0.05) is 38.5 Å². The predicted molar refractivity (Wildman–Crippen MR) is 80.4 cm³/mol. The minimum atomic E-state index is 0.0819. The highest BCUT2D eigenvalue weighted by atomic mass is 15.3. The van der Waals surface area contributed by atoms with Crippen LogP contribution in [0.25, 0.3) is 0 Å². The second-order valence-corrected chi connectivity index (χ2v) is 6.69. The van der Waals surface area contributed by atoms with Crippen molar-refractivity contribution in [2.24, 2.45) is 11.7 Å². The van der Waals surface area contributed by atoms with E-state index in [-0.39, 0.29) is 6.04 Å². The van der Waals surface area contributed by atoms with Crippen molar-refractivity contribution in [3.05, 3.63) is 11.6 Å². The molecule has 1 aromatic heterocycles. The molecule has 0 amide bonds. The van der Waals surface area contributed by atoms with Crippen molar-refractivity contribution in [3.63, 3.8) is 0 Å². The van der Waals surface area contributed by atoms with Crippen LogP contribution in [0.5, 0.6) is 0 Å². The third-order valence-electron chi connectivity index (χ3n) is 5.29. The van der Waals surface area contributed by atoms with E-state index in [1.54, 1.807) is 0 Å². The van der Waals surface area contributed by atoms with Crippen LogP contribution in [0.1, 0.15) is 87.9 Å². The van der Waals surface area contributed by atoms with Gasteiger partial charge in [0, 0.05) is 6.04 Å². The lowest BCUT2D eigenvalue weighted by Gasteiger charge is -2.30. The molecule has 1 heterocycles. The van der Waals surface area contributed by atoms with E-state index in [1.165, 1.54) is 64.2 Å². The van der Waals surface area contributed by atoms with Gasteiger partial charge in [0.2, 0.25) is 0 Å². The molecule has 0 aliphatic heterocycles. The molecule has 20 heavy (non-hydrogen) atoms. The highest BCUT2D eigenvalue weighted by Gasteiger charge is 2.29. The Hall–Kier alpha value is -0.900. The molecule has 1 aromatic rings. The van der Waals surface area contributed by atoms with Gasteiger partial charge in [-0.05, 0) is 38.5 Å². The van der Waals surface area contributed by atoms with E-state index >= 15 is 0 Å². The first-order valence-corrected chi connectivity index (χ1v) is 8.44. The standard InChI is InChI=1S/C16H28N4/c1-12-18-19-16(15(17)13-8-4-2-5-9-13)20(12)14-10-6-3-7-11-14/h13-15H,2-11,17H2,1H3. The lowest BCUT2D eigenvalue weighted by atomic mass is 9.83. The van der Waals surface area contributed by atoms with Crippen molar-refractivity contribution in [2.45, 2.75) is 83.2 Å². The first kappa shape index (κ1) is 14.1. The van der Waals surface area contributed by atoms with Gasteiger partial charge in [-0.15, -0.1) is 10.2 Å². The Labute approximate surface area is 122 Å². The molecule has 2 fully saturated rings. The van der Waals surface area contributed by atoms with Crippen LogP contribution in [0.15, 0.2) is 0 Å². The quantitative estimate of drug-likeness (QED) is 0.916. The maximum Gasteiger partial charge on any atom is 0.150 e. The number of aryl methyl sites for hydroxylation is 1. The Morgan fingerprint density at radius 2 is 1.55 bits per heavy atom. The zero-order valence-electron chi connectivity index (χ0n) is 12.7. The summed E-state index contributed by atoms with van der Waals surface area (Å²) in [6.07, 6.45) is 13.1. The third-order valence-corrected chi connectivity index (χ3v) is 5.29. The van der Waals surface area contributed by atoms with Gasteiger partial charge < -0.3 is 10.3 Å². The Morgan fingerprint density at radius 3 is 2.20 bits per heavy atom. The molecule has 0 aromatic carbocycles. The van der Waals surface area contributed by atoms with Crippen molar-refractivity contribution >= 4 is 0 Å². The van der Waals surface area contributed by atoms with Gasteiger partial charge in [0.05, 0.1) is 6.04 Å². The number of aromatic nitrogens is 3. The van der Waals surface area contributed by atoms with Gasteiger partial charge in [0.15, 0.2) is 5.82 Å². The van der Waals surface area contributed by atoms with E-state index < -0.39 is 0 Å². The topological polar surface area (TPSA) is 56.7 Å². The number of hydrogen-bond donors (Lipinski definition) is 1. The average Bonchev–Trinajstić information content (AvgIpc) is 2.90. The number of hydrogen-bond acceptors (Lipinski definition) is 3. The summed E-state index contributed by atoms with van der Waals surface area (Å²) in [6, 6.07) is 0.668. The van der Waals surface area contributed by atoms with E-state index in [0.29, 0.717) is 12.0 Å². The van der Waals surface area contributed by atoms with E-state index in [0.717, 1.165) is 11.6 Å². The molecule has 2 saturated carbocycles. The largest absolute Gasteiger partial charge is 0.321 e. The molecule has 0 bridgehead atoms. The van der Waals surface area contributed by atoms with Crippen molar-refractivity contribution < 1.29 is 0 Å². The molecular formula is C16H28N4. The SMILES string of the molecule is Cc1nnc(C(N)C2CCCCC2)n1C1CCCCC1. The van der Waals surface area contributed by atoms with Crippen molar-refractivity contribution in [3.8, 4) is 0 Å². The predicted octanol–water partition coefficient (Wildman–Crippen LogP) is 3.67. The van der Waals surface area contributed by atoms with Gasteiger partial charge in [-0.3, -0.25) is 0 Å². The Bertz CT molecular complexity index is 428. The fourth-order valence-corrected chi connectivity index (χ4v) is 4.11. The van der Waals surface area contributed by atoms with E-state index in [2.05, 4.69) is 21.7 Å². The zero-order valence-corrected chi connectivity index (χ0v) is 12.7. The summed E-state index contributed by atoms with van der Waals surface area (Å²) in [5.74, 6) is 2.72. The highest BCUT2D eigenvalue weighted by molar-refractivity contribution is 5.04. The molecule has 3 rings (SSSR count). The summed E-state index contributed by atoms with van der Waals surface area (Å²) < 4.78 is 2.37. The van der Waals surface area contributed by atoms with Crippen molar-refractivity contribution in [1.82, 2.24) is 14.8 Å². The first-order chi connectivity index (χ1) is 9.77. The molecule has 0 radical (unpaired) electrons. The highest BCUT2D eigenvalue weighted by Crippen LogP contribution is 2.36. The lowest BCUT2D eigenvalue weighted by Crippen LogP contribution is -2.28. The van der Waals surface area contributed by atoms with Gasteiger partial charge in [0.25, 0.3) is 0 Å². The van der Waals surface area contributed by atoms with Gasteiger partial charge in [0.1, 0.15) is 5.82 Å². The molecule has 4 nitrogen and oxygen atoms in total. The molecule has 0 spiro atoms. The van der Waals surface area contributed by atoms with Crippen LogP contribution in [0.2, 0.25) is 0 Å². The van der Waals surface area contributed by atoms with Crippen LogP contribution in [-0.4, -0.2) is 14.8 Å². The minimum Gasteiger partial charge on any atom is -0.321 e. The normalized spacial score (nSPS) is 23.9. The third kappa shape index (κ3) is 2.76. The maximum atomic E-state index is 6.57. The smallest absolute Gasteiger partial charge is 0.150 e. The van der Waals surface area contributed by atoms with Crippen LogP contribution in [-0.2, 0) is 0 Å². The number of rotatable bonds is 3. The molecule has 1 unspecified atom stereocenters. The van der Waals surface area contributed by atoms with Gasteiger partial charge in [-0.2, -0.15) is 0 Å².